The van der Waals surface area contributed by atoms with Gasteiger partial charge in [0.25, 0.3) is 0 Å². The number of hydrogen-bond acceptors (Lipinski definition) is 1. The number of aryl methyl sites for hydroxylation is 2. The molecule has 3 aromatic rings. The molecule has 0 fully saturated rings. The highest BCUT2D eigenvalue weighted by Crippen LogP contribution is 2.28. The van der Waals surface area contributed by atoms with Crippen LogP contribution in [0.1, 0.15) is 25.2 Å². The van der Waals surface area contributed by atoms with Crippen LogP contribution in [0, 0.1) is 0 Å². The molecule has 0 spiro atoms. The van der Waals surface area contributed by atoms with E-state index in [0.29, 0.717) is 6.54 Å². The van der Waals surface area contributed by atoms with E-state index >= 15 is 0 Å². The molecular formula is C16H17Cl2N3. The Hall–Kier alpha value is -1.45. The highest BCUT2D eigenvalue weighted by molar-refractivity contribution is 6.35. The molecule has 1 aromatic carbocycles. The van der Waals surface area contributed by atoms with Crippen LogP contribution in [0.15, 0.2) is 30.5 Å². The summed E-state index contributed by atoms with van der Waals surface area (Å²) in [5.41, 5.74) is 3.03. The summed E-state index contributed by atoms with van der Waals surface area (Å²) in [6.07, 6.45) is 2.89. The van der Waals surface area contributed by atoms with E-state index in [2.05, 4.69) is 35.6 Å². The van der Waals surface area contributed by atoms with Crippen molar-refractivity contribution in [2.45, 2.75) is 33.4 Å². The summed E-state index contributed by atoms with van der Waals surface area (Å²) in [6.45, 7) is 5.63. The third kappa shape index (κ3) is 2.45. The summed E-state index contributed by atoms with van der Waals surface area (Å²) in [5.74, 6) is 0. The van der Waals surface area contributed by atoms with Crippen molar-refractivity contribution in [2.75, 3.05) is 0 Å². The first-order valence-corrected chi connectivity index (χ1v) is 7.88. The zero-order valence-electron chi connectivity index (χ0n) is 12.1. The van der Waals surface area contributed by atoms with Gasteiger partial charge in [0.05, 0.1) is 33.5 Å². The first-order chi connectivity index (χ1) is 10.2. The number of fused-ring (bicyclic) bond motifs is 1. The number of rotatable bonds is 4. The predicted molar refractivity (Wildman–Crippen MR) is 88.3 cm³/mol. The fourth-order valence-electron chi connectivity index (χ4n) is 2.68. The Labute approximate surface area is 134 Å². The van der Waals surface area contributed by atoms with Gasteiger partial charge < -0.3 is 4.57 Å². The van der Waals surface area contributed by atoms with Crippen molar-refractivity contribution in [2.24, 2.45) is 0 Å². The van der Waals surface area contributed by atoms with Crippen molar-refractivity contribution >= 4 is 34.1 Å². The molecule has 0 aliphatic heterocycles. The highest BCUT2D eigenvalue weighted by atomic mass is 35.5. The van der Waals surface area contributed by atoms with Gasteiger partial charge in [-0.05, 0) is 25.5 Å². The topological polar surface area (TPSA) is 22.8 Å². The standard InChI is InChI=1S/C16H17Cl2N3/c1-3-13-15(18)14(21(4-2)19-13)10-20-9-8-11-6-5-7-12(17)16(11)20/h5-9H,3-4,10H2,1-2H3. The Kier molecular flexibility index (Phi) is 3.96. The van der Waals surface area contributed by atoms with Gasteiger partial charge >= 0.3 is 0 Å². The van der Waals surface area contributed by atoms with Gasteiger partial charge in [0.1, 0.15) is 0 Å². The Morgan fingerprint density at radius 2 is 1.95 bits per heavy atom. The lowest BCUT2D eigenvalue weighted by molar-refractivity contribution is 0.599. The van der Waals surface area contributed by atoms with Gasteiger partial charge in [0.2, 0.25) is 0 Å². The first kappa shape index (κ1) is 14.5. The average molecular weight is 322 g/mol. The van der Waals surface area contributed by atoms with Crippen LogP contribution in [-0.4, -0.2) is 14.3 Å². The summed E-state index contributed by atoms with van der Waals surface area (Å²) in [7, 11) is 0. The third-order valence-electron chi connectivity index (χ3n) is 3.75. The molecule has 2 aromatic heterocycles. The molecule has 5 heteroatoms. The van der Waals surface area contributed by atoms with Crippen LogP contribution in [0.3, 0.4) is 0 Å². The van der Waals surface area contributed by atoms with E-state index in [4.69, 9.17) is 23.2 Å². The van der Waals surface area contributed by atoms with Gasteiger partial charge in [-0.3, -0.25) is 4.68 Å². The van der Waals surface area contributed by atoms with Crippen LogP contribution in [0.2, 0.25) is 10.0 Å². The number of aromatic nitrogens is 3. The van der Waals surface area contributed by atoms with Gasteiger partial charge in [0.15, 0.2) is 0 Å². The van der Waals surface area contributed by atoms with E-state index < -0.39 is 0 Å². The SMILES string of the molecule is CCc1nn(CC)c(Cn2ccc3cccc(Cl)c32)c1Cl. The van der Waals surface area contributed by atoms with E-state index in [1.807, 2.05) is 23.0 Å². The van der Waals surface area contributed by atoms with Crippen LogP contribution in [0.25, 0.3) is 10.9 Å². The molecule has 3 nitrogen and oxygen atoms in total. The minimum Gasteiger partial charge on any atom is -0.340 e. The monoisotopic (exact) mass is 321 g/mol. The molecule has 110 valence electrons. The van der Waals surface area contributed by atoms with Crippen LogP contribution < -0.4 is 0 Å². The Bertz CT molecular complexity index is 786. The van der Waals surface area contributed by atoms with E-state index in [0.717, 1.165) is 45.3 Å². The van der Waals surface area contributed by atoms with Gasteiger partial charge in [-0.15, -0.1) is 0 Å². The fourth-order valence-corrected chi connectivity index (χ4v) is 3.29. The highest BCUT2D eigenvalue weighted by Gasteiger charge is 2.16. The molecule has 0 radical (unpaired) electrons. The summed E-state index contributed by atoms with van der Waals surface area (Å²) >= 11 is 12.8. The number of nitrogens with zero attached hydrogens (tertiary/aromatic N) is 3. The zero-order valence-corrected chi connectivity index (χ0v) is 13.6. The predicted octanol–water partition coefficient (Wildman–Crippen LogP) is 4.78. The largest absolute Gasteiger partial charge is 0.340 e. The van der Waals surface area contributed by atoms with Crippen molar-refractivity contribution in [3.63, 3.8) is 0 Å². The van der Waals surface area contributed by atoms with Gasteiger partial charge in [0, 0.05) is 18.1 Å². The third-order valence-corrected chi connectivity index (χ3v) is 4.49. The van der Waals surface area contributed by atoms with Crippen molar-refractivity contribution < 1.29 is 0 Å². The minimum atomic E-state index is 0.674. The second kappa shape index (κ2) is 5.74. The zero-order chi connectivity index (χ0) is 15.0. The van der Waals surface area contributed by atoms with Crippen LogP contribution >= 0.6 is 23.2 Å². The lowest BCUT2D eigenvalue weighted by Crippen LogP contribution is -2.07. The maximum absolute atomic E-state index is 6.49. The smallest absolute Gasteiger partial charge is 0.0868 e. The second-order valence-corrected chi connectivity index (χ2v) is 5.78. The van der Waals surface area contributed by atoms with Crippen molar-refractivity contribution in [1.29, 1.82) is 0 Å². The maximum atomic E-state index is 6.49. The van der Waals surface area contributed by atoms with Crippen molar-refractivity contribution in [1.82, 2.24) is 14.3 Å². The Balaban J connectivity index is 2.09. The first-order valence-electron chi connectivity index (χ1n) is 7.13. The molecule has 0 atom stereocenters. The number of hydrogen-bond donors (Lipinski definition) is 0. The van der Waals surface area contributed by atoms with E-state index in [1.165, 1.54) is 0 Å². The van der Waals surface area contributed by atoms with Crippen molar-refractivity contribution in [3.8, 4) is 0 Å². The van der Waals surface area contributed by atoms with E-state index in [-0.39, 0.29) is 0 Å². The molecule has 0 saturated carbocycles. The fraction of sp³-hybridized carbons (Fsp3) is 0.312. The van der Waals surface area contributed by atoms with Gasteiger partial charge in [-0.2, -0.15) is 5.10 Å². The minimum absolute atomic E-state index is 0.674. The maximum Gasteiger partial charge on any atom is 0.0868 e. The van der Waals surface area contributed by atoms with Crippen LogP contribution in [0.5, 0.6) is 0 Å². The van der Waals surface area contributed by atoms with E-state index in [9.17, 15) is 0 Å². The molecule has 21 heavy (non-hydrogen) atoms. The molecule has 0 N–H and O–H groups in total. The molecule has 0 unspecified atom stereocenters. The number of halogens is 2. The van der Waals surface area contributed by atoms with Gasteiger partial charge in [-0.1, -0.05) is 42.3 Å². The summed E-state index contributed by atoms with van der Waals surface area (Å²) in [6, 6.07) is 8.01. The molecule has 0 aliphatic rings. The molecule has 0 amide bonds. The summed E-state index contributed by atoms with van der Waals surface area (Å²) < 4.78 is 4.11. The van der Waals surface area contributed by atoms with Crippen LogP contribution in [0.4, 0.5) is 0 Å². The summed E-state index contributed by atoms with van der Waals surface area (Å²) in [4.78, 5) is 0. The number of benzene rings is 1. The Morgan fingerprint density at radius 1 is 1.14 bits per heavy atom. The molecule has 0 saturated heterocycles. The van der Waals surface area contributed by atoms with Gasteiger partial charge in [-0.25, -0.2) is 0 Å². The lowest BCUT2D eigenvalue weighted by Gasteiger charge is -2.09. The number of para-hydroxylation sites is 1. The Morgan fingerprint density at radius 3 is 2.67 bits per heavy atom. The quantitative estimate of drug-likeness (QED) is 0.678. The lowest BCUT2D eigenvalue weighted by atomic mass is 10.2. The van der Waals surface area contributed by atoms with Crippen molar-refractivity contribution in [3.05, 3.63) is 51.9 Å². The molecule has 3 rings (SSSR count). The molecule has 2 heterocycles. The summed E-state index contributed by atoms with van der Waals surface area (Å²) in [5, 5.41) is 7.23. The molecule has 0 aliphatic carbocycles. The van der Waals surface area contributed by atoms with E-state index in [1.54, 1.807) is 0 Å². The normalized spacial score (nSPS) is 11.4. The van der Waals surface area contributed by atoms with Crippen LogP contribution in [-0.2, 0) is 19.5 Å². The second-order valence-electron chi connectivity index (χ2n) is 5.00. The average Bonchev–Trinajstić information content (AvgIpc) is 3.03. The molecular weight excluding hydrogens is 305 g/mol. The molecule has 0 bridgehead atoms.